The Kier molecular flexibility index (Phi) is 7.69. The molecule has 2 amide bonds. The molecule has 0 saturated heterocycles. The fraction of sp³-hybridized carbons (Fsp3) is 0.524. The van der Waals surface area contributed by atoms with E-state index in [0.29, 0.717) is 24.7 Å². The Balaban J connectivity index is 2.03. The highest BCUT2D eigenvalue weighted by Crippen LogP contribution is 2.27. The summed E-state index contributed by atoms with van der Waals surface area (Å²) < 4.78 is 11.1. The Morgan fingerprint density at radius 1 is 1.29 bits per heavy atom. The summed E-state index contributed by atoms with van der Waals surface area (Å²) in [6.45, 7) is 10.9. The average molecular weight is 406 g/mol. The molecule has 154 valence electrons. The second-order valence-corrected chi connectivity index (χ2v) is 8.68. The van der Waals surface area contributed by atoms with Crippen molar-refractivity contribution >= 4 is 17.4 Å². The van der Waals surface area contributed by atoms with Crippen molar-refractivity contribution in [2.75, 3.05) is 7.11 Å². The molecule has 0 unspecified atom stereocenters. The molecule has 2 rings (SSSR count). The van der Waals surface area contributed by atoms with E-state index in [4.69, 9.17) is 9.47 Å². The van der Waals surface area contributed by atoms with Crippen LogP contribution in [0.3, 0.4) is 0 Å². The third-order valence-corrected chi connectivity index (χ3v) is 5.09. The van der Waals surface area contributed by atoms with E-state index in [-0.39, 0.29) is 17.6 Å². The molecule has 7 heteroatoms. The Bertz CT molecular complexity index is 770. The molecule has 28 heavy (non-hydrogen) atoms. The maximum atomic E-state index is 12.7. The predicted molar refractivity (Wildman–Crippen MR) is 113 cm³/mol. The molecule has 1 aromatic carbocycles. The normalized spacial score (nSPS) is 12.4. The van der Waals surface area contributed by atoms with Crippen LogP contribution in [0.4, 0.5) is 4.79 Å². The lowest BCUT2D eigenvalue weighted by atomic mass is 10.1. The largest absolute Gasteiger partial charge is 0.493 e. The van der Waals surface area contributed by atoms with E-state index in [0.717, 1.165) is 17.1 Å². The Morgan fingerprint density at radius 2 is 1.96 bits per heavy atom. The van der Waals surface area contributed by atoms with Gasteiger partial charge in [-0.3, -0.25) is 0 Å². The van der Waals surface area contributed by atoms with Crippen molar-refractivity contribution in [1.29, 1.82) is 0 Å². The van der Waals surface area contributed by atoms with E-state index in [1.807, 2.05) is 55.3 Å². The van der Waals surface area contributed by atoms with Crippen LogP contribution < -0.4 is 14.8 Å². The van der Waals surface area contributed by atoms with Gasteiger partial charge >= 0.3 is 6.03 Å². The molecule has 1 aromatic heterocycles. The summed E-state index contributed by atoms with van der Waals surface area (Å²) in [5.74, 6) is 1.38. The average Bonchev–Trinajstić information content (AvgIpc) is 3.10. The zero-order chi connectivity index (χ0) is 20.7. The van der Waals surface area contributed by atoms with Crippen molar-refractivity contribution in [3.8, 4) is 11.5 Å². The molecule has 1 atom stereocenters. The van der Waals surface area contributed by atoms with Gasteiger partial charge in [-0.15, -0.1) is 11.3 Å². The molecule has 0 bridgehead atoms. The molecule has 2 aromatic rings. The second kappa shape index (κ2) is 9.78. The quantitative estimate of drug-likeness (QED) is 0.683. The number of hydrogen-bond acceptors (Lipinski definition) is 5. The van der Waals surface area contributed by atoms with Crippen LogP contribution in [-0.4, -0.2) is 34.6 Å². The fourth-order valence-electron chi connectivity index (χ4n) is 2.58. The van der Waals surface area contributed by atoms with E-state index < -0.39 is 0 Å². The Labute approximate surface area is 171 Å². The lowest BCUT2D eigenvalue weighted by Crippen LogP contribution is -2.50. The van der Waals surface area contributed by atoms with Crippen LogP contribution in [0.1, 0.15) is 51.7 Å². The number of urea groups is 1. The number of carbonyl (C=O) groups is 1. The van der Waals surface area contributed by atoms with Gasteiger partial charge in [0.15, 0.2) is 11.5 Å². The zero-order valence-electron chi connectivity index (χ0n) is 17.6. The molecule has 6 nitrogen and oxygen atoms in total. The molecule has 0 aliphatic rings. The van der Waals surface area contributed by atoms with Gasteiger partial charge in [-0.1, -0.05) is 19.1 Å². The van der Waals surface area contributed by atoms with Gasteiger partial charge in [-0.25, -0.2) is 9.78 Å². The van der Waals surface area contributed by atoms with Gasteiger partial charge in [0.05, 0.1) is 19.3 Å². The van der Waals surface area contributed by atoms with Gasteiger partial charge < -0.3 is 19.7 Å². The van der Waals surface area contributed by atoms with Crippen molar-refractivity contribution < 1.29 is 14.3 Å². The summed E-state index contributed by atoms with van der Waals surface area (Å²) >= 11 is 1.53. The number of methoxy groups -OCH3 is 1. The first-order valence-electron chi connectivity index (χ1n) is 9.51. The van der Waals surface area contributed by atoms with Crippen molar-refractivity contribution in [2.45, 2.75) is 65.8 Å². The highest BCUT2D eigenvalue weighted by atomic mass is 32.1. The lowest BCUT2D eigenvalue weighted by molar-refractivity contribution is 0.164. The SMILES string of the molecule is CC[C@H](C)N(Cc1csc(COc2ccccc2OC)n1)C(=O)NC(C)(C)C. The zero-order valence-corrected chi connectivity index (χ0v) is 18.4. The predicted octanol–water partition coefficient (Wildman–Crippen LogP) is 4.84. The van der Waals surface area contributed by atoms with Crippen LogP contribution in [0.15, 0.2) is 29.6 Å². The summed E-state index contributed by atoms with van der Waals surface area (Å²) in [5.41, 5.74) is 0.589. The molecule has 1 N–H and O–H groups in total. The van der Waals surface area contributed by atoms with E-state index in [2.05, 4.69) is 24.1 Å². The minimum absolute atomic E-state index is 0.0679. The topological polar surface area (TPSA) is 63.7 Å². The number of para-hydroxylation sites is 2. The Hall–Kier alpha value is -2.28. The third-order valence-electron chi connectivity index (χ3n) is 4.22. The summed E-state index contributed by atoms with van der Waals surface area (Å²) in [5, 5.41) is 5.89. The Morgan fingerprint density at radius 3 is 2.57 bits per heavy atom. The van der Waals surface area contributed by atoms with Crippen molar-refractivity contribution in [1.82, 2.24) is 15.2 Å². The minimum atomic E-state index is -0.279. The van der Waals surface area contributed by atoms with E-state index >= 15 is 0 Å². The van der Waals surface area contributed by atoms with Gasteiger partial charge in [0.2, 0.25) is 0 Å². The number of rotatable bonds is 8. The molecular weight excluding hydrogens is 374 g/mol. The smallest absolute Gasteiger partial charge is 0.318 e. The lowest BCUT2D eigenvalue weighted by Gasteiger charge is -2.32. The van der Waals surface area contributed by atoms with Crippen molar-refractivity contribution in [2.24, 2.45) is 0 Å². The van der Waals surface area contributed by atoms with Crippen LogP contribution in [0, 0.1) is 0 Å². The summed E-state index contributed by atoms with van der Waals surface area (Å²) in [4.78, 5) is 19.2. The molecule has 0 radical (unpaired) electrons. The molecule has 0 fully saturated rings. The second-order valence-electron chi connectivity index (χ2n) is 7.74. The number of thiazole rings is 1. The van der Waals surface area contributed by atoms with Gasteiger partial charge in [0.25, 0.3) is 0 Å². The maximum absolute atomic E-state index is 12.7. The fourth-order valence-corrected chi connectivity index (χ4v) is 3.28. The van der Waals surface area contributed by atoms with E-state index in [1.165, 1.54) is 11.3 Å². The molecule has 1 heterocycles. The number of aromatic nitrogens is 1. The summed E-state index contributed by atoms with van der Waals surface area (Å²) in [6, 6.07) is 7.59. The molecule has 0 saturated carbocycles. The highest BCUT2D eigenvalue weighted by Gasteiger charge is 2.24. The first kappa shape index (κ1) is 22.0. The number of amides is 2. The summed E-state index contributed by atoms with van der Waals surface area (Å²) in [7, 11) is 1.62. The van der Waals surface area contributed by atoms with Gasteiger partial charge in [-0.2, -0.15) is 0 Å². The maximum Gasteiger partial charge on any atom is 0.318 e. The van der Waals surface area contributed by atoms with E-state index in [1.54, 1.807) is 7.11 Å². The molecular formula is C21H31N3O3S. The van der Waals surface area contributed by atoms with E-state index in [9.17, 15) is 4.79 Å². The minimum Gasteiger partial charge on any atom is -0.493 e. The number of nitrogens with zero attached hydrogens (tertiary/aromatic N) is 2. The highest BCUT2D eigenvalue weighted by molar-refractivity contribution is 7.09. The molecule has 0 spiro atoms. The number of benzene rings is 1. The first-order chi connectivity index (χ1) is 13.2. The first-order valence-corrected chi connectivity index (χ1v) is 10.4. The van der Waals surface area contributed by atoms with Crippen molar-refractivity contribution in [3.63, 3.8) is 0 Å². The van der Waals surface area contributed by atoms with Crippen molar-refractivity contribution in [3.05, 3.63) is 40.3 Å². The van der Waals surface area contributed by atoms with Crippen LogP contribution in [-0.2, 0) is 13.2 Å². The van der Waals surface area contributed by atoms with Crippen LogP contribution in [0.25, 0.3) is 0 Å². The monoisotopic (exact) mass is 405 g/mol. The third kappa shape index (κ3) is 6.41. The van der Waals surface area contributed by atoms with Gasteiger partial charge in [0, 0.05) is 17.0 Å². The number of ether oxygens (including phenoxy) is 2. The summed E-state index contributed by atoms with van der Waals surface area (Å²) in [6.07, 6.45) is 0.880. The standard InChI is InChI=1S/C21H31N3O3S/c1-7-15(2)24(20(25)23-21(3,4)5)12-16-14-28-19(22-16)13-27-18-11-9-8-10-17(18)26-6/h8-11,14-15H,7,12-13H2,1-6H3,(H,23,25)/t15-/m0/s1. The number of carbonyl (C=O) groups excluding carboxylic acids is 1. The van der Waals surface area contributed by atoms with Crippen LogP contribution in [0.5, 0.6) is 11.5 Å². The van der Waals surface area contributed by atoms with Crippen LogP contribution >= 0.6 is 11.3 Å². The van der Waals surface area contributed by atoms with Crippen LogP contribution in [0.2, 0.25) is 0 Å². The van der Waals surface area contributed by atoms with Gasteiger partial charge in [0.1, 0.15) is 11.6 Å². The molecule has 0 aliphatic carbocycles. The molecule has 0 aliphatic heterocycles. The number of hydrogen-bond donors (Lipinski definition) is 1. The van der Waals surface area contributed by atoms with Gasteiger partial charge in [-0.05, 0) is 46.2 Å². The number of nitrogens with one attached hydrogen (secondary N) is 1.